The number of nitrogens with two attached hydrogens (primary N) is 1. The zero-order valence-corrected chi connectivity index (χ0v) is 19.1. The molecule has 174 valence electrons. The second kappa shape index (κ2) is 10.2. The van der Waals surface area contributed by atoms with Gasteiger partial charge in [-0.15, -0.1) is 10.2 Å². The van der Waals surface area contributed by atoms with Gasteiger partial charge in [0, 0.05) is 41.8 Å². The van der Waals surface area contributed by atoms with Crippen LogP contribution in [-0.2, 0) is 4.79 Å². The molecule has 9 nitrogen and oxygen atoms in total. The van der Waals surface area contributed by atoms with Crippen LogP contribution in [0, 0.1) is 11.3 Å². The molecular formula is C23H28N6O3S. The number of thioether (sulfide) groups is 1. The Bertz CT molecular complexity index is 1030. The number of hydrogen-bond acceptors (Lipinski definition) is 7. The molecule has 2 heterocycles. The number of nitrogen functional groups attached to an aromatic ring is 1. The maximum atomic E-state index is 13.3. The van der Waals surface area contributed by atoms with Crippen molar-refractivity contribution in [2.75, 3.05) is 29.5 Å². The number of aromatic nitrogens is 2. The summed E-state index contributed by atoms with van der Waals surface area (Å²) < 4.78 is 0. The monoisotopic (exact) mass is 468 g/mol. The molecule has 0 radical (unpaired) electrons. The molecule has 1 aliphatic heterocycles. The number of nitrogens with zero attached hydrogens (tertiary/aromatic N) is 3. The SMILES string of the molecule is N=C(N)c1ccc(-c2cc(C(=O)NC3CCC(C(=O)O)CC3)c(N3CCSCC3)nn2)cc1. The standard InChI is InChI=1S/C23H28N6O3S/c24-20(25)15-3-1-14(2-4-15)19-13-18(21(28-27-19)29-9-11-33-12-10-29)22(30)26-17-7-5-16(6-8-17)23(31)32/h1-4,13,16-17H,5-12H2,(H3,24,25)(H,26,30)(H,31,32). The van der Waals surface area contributed by atoms with Crippen molar-refractivity contribution in [1.82, 2.24) is 15.5 Å². The van der Waals surface area contributed by atoms with Gasteiger partial charge in [-0.1, -0.05) is 24.3 Å². The number of benzene rings is 1. The molecule has 5 N–H and O–H groups in total. The quantitative estimate of drug-likeness (QED) is 0.373. The van der Waals surface area contributed by atoms with Crippen LogP contribution in [0.5, 0.6) is 0 Å². The van der Waals surface area contributed by atoms with Crippen LogP contribution in [0.25, 0.3) is 11.3 Å². The van der Waals surface area contributed by atoms with E-state index in [-0.39, 0.29) is 23.7 Å². The molecule has 0 unspecified atom stereocenters. The summed E-state index contributed by atoms with van der Waals surface area (Å²) in [7, 11) is 0. The van der Waals surface area contributed by atoms with Crippen LogP contribution < -0.4 is 16.0 Å². The van der Waals surface area contributed by atoms with Crippen molar-refractivity contribution in [3.63, 3.8) is 0 Å². The lowest BCUT2D eigenvalue weighted by Gasteiger charge is -2.30. The number of carboxylic acid groups (broad SMARTS) is 1. The number of aliphatic carboxylic acids is 1. The Morgan fingerprint density at radius 3 is 2.36 bits per heavy atom. The third-order valence-electron chi connectivity index (χ3n) is 6.23. The number of carbonyl (C=O) groups excluding carboxylic acids is 1. The number of amidine groups is 1. The first-order valence-corrected chi connectivity index (χ1v) is 12.3. The number of amides is 1. The predicted octanol–water partition coefficient (Wildman–Crippen LogP) is 2.35. The fourth-order valence-corrected chi connectivity index (χ4v) is 5.17. The fraction of sp³-hybridized carbons (Fsp3) is 0.435. The van der Waals surface area contributed by atoms with Crippen LogP contribution >= 0.6 is 11.8 Å². The van der Waals surface area contributed by atoms with E-state index in [1.54, 1.807) is 18.2 Å². The van der Waals surface area contributed by atoms with Crippen molar-refractivity contribution in [2.24, 2.45) is 11.7 Å². The predicted molar refractivity (Wildman–Crippen MR) is 129 cm³/mol. The van der Waals surface area contributed by atoms with E-state index in [0.717, 1.165) is 30.2 Å². The Labute approximate surface area is 196 Å². The highest BCUT2D eigenvalue weighted by molar-refractivity contribution is 7.99. The highest BCUT2D eigenvalue weighted by Crippen LogP contribution is 2.28. The van der Waals surface area contributed by atoms with Gasteiger partial charge < -0.3 is 21.1 Å². The molecule has 2 aliphatic rings. The first-order chi connectivity index (χ1) is 15.9. The summed E-state index contributed by atoms with van der Waals surface area (Å²) in [5.41, 5.74) is 7.99. The van der Waals surface area contributed by atoms with Gasteiger partial charge in [-0.25, -0.2) is 0 Å². The Balaban J connectivity index is 1.59. The number of hydrogen-bond donors (Lipinski definition) is 4. The van der Waals surface area contributed by atoms with Gasteiger partial charge in [-0.05, 0) is 31.7 Å². The molecule has 10 heteroatoms. The van der Waals surface area contributed by atoms with Crippen molar-refractivity contribution in [2.45, 2.75) is 31.7 Å². The summed E-state index contributed by atoms with van der Waals surface area (Å²) in [6, 6.07) is 8.83. The van der Waals surface area contributed by atoms with Crippen molar-refractivity contribution in [1.29, 1.82) is 5.41 Å². The summed E-state index contributed by atoms with van der Waals surface area (Å²) >= 11 is 1.88. The van der Waals surface area contributed by atoms with E-state index >= 15 is 0 Å². The second-order valence-corrected chi connectivity index (χ2v) is 9.64. The number of nitrogens with one attached hydrogen (secondary N) is 2. The Hall–Kier alpha value is -3.14. The smallest absolute Gasteiger partial charge is 0.306 e. The normalized spacial score (nSPS) is 20.8. The lowest BCUT2D eigenvalue weighted by atomic mass is 9.86. The summed E-state index contributed by atoms with van der Waals surface area (Å²) in [5.74, 6) is 1.21. The maximum Gasteiger partial charge on any atom is 0.306 e. The molecule has 1 aromatic carbocycles. The molecule has 1 saturated heterocycles. The lowest BCUT2D eigenvalue weighted by molar-refractivity contribution is -0.142. The van der Waals surface area contributed by atoms with Crippen molar-refractivity contribution < 1.29 is 14.7 Å². The molecular weight excluding hydrogens is 440 g/mol. The topological polar surface area (TPSA) is 145 Å². The third kappa shape index (κ3) is 5.44. The lowest BCUT2D eigenvalue weighted by Crippen LogP contribution is -2.40. The zero-order chi connectivity index (χ0) is 23.4. The number of anilines is 1. The number of carboxylic acids is 1. The van der Waals surface area contributed by atoms with E-state index in [9.17, 15) is 14.7 Å². The minimum absolute atomic E-state index is 0.0105. The molecule has 33 heavy (non-hydrogen) atoms. The van der Waals surface area contributed by atoms with Gasteiger partial charge in [0.15, 0.2) is 5.82 Å². The number of carbonyl (C=O) groups is 2. The molecule has 0 spiro atoms. The van der Waals surface area contributed by atoms with Gasteiger partial charge in [0.25, 0.3) is 5.91 Å². The average molecular weight is 469 g/mol. The van der Waals surface area contributed by atoms with E-state index in [2.05, 4.69) is 20.4 Å². The largest absolute Gasteiger partial charge is 0.481 e. The minimum Gasteiger partial charge on any atom is -0.481 e. The van der Waals surface area contributed by atoms with Gasteiger partial charge in [0.05, 0.1) is 17.2 Å². The van der Waals surface area contributed by atoms with Crippen molar-refractivity contribution in [3.8, 4) is 11.3 Å². The molecule has 2 fully saturated rings. The highest BCUT2D eigenvalue weighted by Gasteiger charge is 2.29. The Kier molecular flexibility index (Phi) is 7.12. The van der Waals surface area contributed by atoms with E-state index < -0.39 is 5.97 Å². The summed E-state index contributed by atoms with van der Waals surface area (Å²) in [6.45, 7) is 1.60. The molecule has 2 aromatic rings. The van der Waals surface area contributed by atoms with Gasteiger partial charge in [-0.2, -0.15) is 11.8 Å². The molecule has 1 saturated carbocycles. The van der Waals surface area contributed by atoms with Crippen LogP contribution in [0.15, 0.2) is 30.3 Å². The highest BCUT2D eigenvalue weighted by atomic mass is 32.2. The fourth-order valence-electron chi connectivity index (χ4n) is 4.27. The van der Waals surface area contributed by atoms with Crippen molar-refractivity contribution in [3.05, 3.63) is 41.5 Å². The first-order valence-electron chi connectivity index (χ1n) is 11.1. The molecule has 1 aromatic heterocycles. The minimum atomic E-state index is -0.760. The van der Waals surface area contributed by atoms with Crippen LogP contribution in [0.2, 0.25) is 0 Å². The Morgan fingerprint density at radius 2 is 1.76 bits per heavy atom. The van der Waals surface area contributed by atoms with Gasteiger partial charge in [-0.3, -0.25) is 15.0 Å². The van der Waals surface area contributed by atoms with E-state index in [4.69, 9.17) is 11.1 Å². The van der Waals surface area contributed by atoms with Crippen LogP contribution in [0.1, 0.15) is 41.6 Å². The van der Waals surface area contributed by atoms with Crippen LogP contribution in [0.3, 0.4) is 0 Å². The molecule has 1 aliphatic carbocycles. The van der Waals surface area contributed by atoms with Crippen LogP contribution in [-0.4, -0.2) is 63.7 Å². The Morgan fingerprint density at radius 1 is 1.09 bits per heavy atom. The molecule has 4 rings (SSSR count). The number of rotatable bonds is 6. The summed E-state index contributed by atoms with van der Waals surface area (Å²) in [6.07, 6.45) is 2.43. The maximum absolute atomic E-state index is 13.3. The molecule has 1 amide bonds. The van der Waals surface area contributed by atoms with E-state index in [1.807, 2.05) is 23.9 Å². The third-order valence-corrected chi connectivity index (χ3v) is 7.18. The van der Waals surface area contributed by atoms with E-state index in [1.165, 1.54) is 0 Å². The molecule has 0 bridgehead atoms. The van der Waals surface area contributed by atoms with Gasteiger partial charge in [0.1, 0.15) is 5.84 Å². The second-order valence-electron chi connectivity index (χ2n) is 8.42. The molecule has 0 atom stereocenters. The zero-order valence-electron chi connectivity index (χ0n) is 18.3. The van der Waals surface area contributed by atoms with E-state index in [0.29, 0.717) is 48.3 Å². The summed E-state index contributed by atoms with van der Waals surface area (Å²) in [4.78, 5) is 26.7. The first kappa shape index (κ1) is 23.0. The summed E-state index contributed by atoms with van der Waals surface area (Å²) in [5, 5.41) is 28.7. The average Bonchev–Trinajstić information content (AvgIpc) is 2.84. The van der Waals surface area contributed by atoms with Crippen LogP contribution in [0.4, 0.5) is 5.82 Å². The van der Waals surface area contributed by atoms with Crippen molar-refractivity contribution >= 4 is 35.3 Å². The van der Waals surface area contributed by atoms with Gasteiger partial charge >= 0.3 is 5.97 Å². The van der Waals surface area contributed by atoms with Gasteiger partial charge in [0.2, 0.25) is 0 Å².